The molecule has 1 heterocycles. The van der Waals surface area contributed by atoms with E-state index in [1.165, 1.54) is 0 Å². The van der Waals surface area contributed by atoms with Crippen molar-refractivity contribution in [2.75, 3.05) is 0 Å². The maximum atomic E-state index is 11.5. The standard InChI is InChI=1S/C17H16N2O3/c1-2-14-12-8-13(17(20)21)16(9-15(12)19-18-14)22-10-11-6-4-3-5-7-11/h3-9H,2,10H2,1H3,(H,18,19)(H,20,21). The number of nitrogens with one attached hydrogen (secondary N) is 1. The minimum Gasteiger partial charge on any atom is -0.488 e. The molecule has 3 aromatic rings. The predicted molar refractivity (Wildman–Crippen MR) is 83.2 cm³/mol. The van der Waals surface area contributed by atoms with Gasteiger partial charge in [-0.1, -0.05) is 37.3 Å². The molecule has 5 heteroatoms. The van der Waals surface area contributed by atoms with Crippen molar-refractivity contribution in [1.29, 1.82) is 0 Å². The summed E-state index contributed by atoms with van der Waals surface area (Å²) >= 11 is 0. The zero-order valence-electron chi connectivity index (χ0n) is 12.2. The highest BCUT2D eigenvalue weighted by Crippen LogP contribution is 2.28. The van der Waals surface area contributed by atoms with Crippen LogP contribution in [0.1, 0.15) is 28.5 Å². The second-order valence-corrected chi connectivity index (χ2v) is 5.00. The minimum atomic E-state index is -1.01. The van der Waals surface area contributed by atoms with E-state index >= 15 is 0 Å². The Bertz CT molecular complexity index is 809. The van der Waals surface area contributed by atoms with Gasteiger partial charge in [-0.15, -0.1) is 0 Å². The van der Waals surface area contributed by atoms with Crippen LogP contribution in [0.4, 0.5) is 0 Å². The number of fused-ring (bicyclic) bond motifs is 1. The van der Waals surface area contributed by atoms with Gasteiger partial charge in [-0.3, -0.25) is 5.10 Å². The maximum absolute atomic E-state index is 11.5. The molecule has 0 saturated heterocycles. The van der Waals surface area contributed by atoms with E-state index in [9.17, 15) is 9.90 Å². The molecule has 3 rings (SSSR count). The topological polar surface area (TPSA) is 75.2 Å². The molecule has 22 heavy (non-hydrogen) atoms. The van der Waals surface area contributed by atoms with Crippen molar-refractivity contribution in [3.63, 3.8) is 0 Å². The first-order valence-corrected chi connectivity index (χ1v) is 7.10. The molecule has 0 bridgehead atoms. The number of aryl methyl sites for hydroxylation is 1. The summed E-state index contributed by atoms with van der Waals surface area (Å²) in [4.78, 5) is 11.5. The van der Waals surface area contributed by atoms with Crippen molar-refractivity contribution < 1.29 is 14.6 Å². The van der Waals surface area contributed by atoms with Crippen LogP contribution in [0.15, 0.2) is 42.5 Å². The number of rotatable bonds is 5. The van der Waals surface area contributed by atoms with Crippen molar-refractivity contribution in [2.24, 2.45) is 0 Å². The van der Waals surface area contributed by atoms with Gasteiger partial charge < -0.3 is 9.84 Å². The van der Waals surface area contributed by atoms with E-state index in [0.717, 1.165) is 28.6 Å². The number of carbonyl (C=O) groups is 1. The summed E-state index contributed by atoms with van der Waals surface area (Å²) in [5, 5.41) is 17.4. The van der Waals surface area contributed by atoms with Crippen LogP contribution in [-0.4, -0.2) is 21.3 Å². The Morgan fingerprint density at radius 2 is 2.05 bits per heavy atom. The van der Waals surface area contributed by atoms with Gasteiger partial charge in [0.1, 0.15) is 17.9 Å². The Labute approximate surface area is 127 Å². The smallest absolute Gasteiger partial charge is 0.339 e. The first-order valence-electron chi connectivity index (χ1n) is 7.10. The minimum absolute atomic E-state index is 0.152. The summed E-state index contributed by atoms with van der Waals surface area (Å²) in [5.74, 6) is -0.664. The molecule has 0 unspecified atom stereocenters. The molecule has 0 aliphatic carbocycles. The molecule has 2 N–H and O–H groups in total. The Kier molecular flexibility index (Phi) is 3.78. The van der Waals surface area contributed by atoms with E-state index in [-0.39, 0.29) is 5.56 Å². The normalized spacial score (nSPS) is 10.8. The van der Waals surface area contributed by atoms with Gasteiger partial charge in [0.2, 0.25) is 0 Å². The lowest BCUT2D eigenvalue weighted by molar-refractivity contribution is 0.0692. The maximum Gasteiger partial charge on any atom is 0.339 e. The third kappa shape index (κ3) is 2.65. The Morgan fingerprint density at radius 3 is 2.73 bits per heavy atom. The molecule has 0 saturated carbocycles. The number of hydrogen-bond donors (Lipinski definition) is 2. The molecular weight excluding hydrogens is 280 g/mol. The van der Waals surface area contributed by atoms with Gasteiger partial charge >= 0.3 is 5.97 Å². The molecule has 0 aliphatic rings. The lowest BCUT2D eigenvalue weighted by Gasteiger charge is -2.09. The van der Waals surface area contributed by atoms with Crippen LogP contribution < -0.4 is 4.74 Å². The number of benzene rings is 2. The monoisotopic (exact) mass is 296 g/mol. The lowest BCUT2D eigenvalue weighted by atomic mass is 10.1. The zero-order valence-corrected chi connectivity index (χ0v) is 12.2. The number of H-pyrrole nitrogens is 1. The summed E-state index contributed by atoms with van der Waals surface area (Å²) in [6.45, 7) is 2.30. The van der Waals surface area contributed by atoms with Crippen molar-refractivity contribution in [2.45, 2.75) is 20.0 Å². The van der Waals surface area contributed by atoms with E-state index < -0.39 is 5.97 Å². The molecule has 1 aromatic heterocycles. The summed E-state index contributed by atoms with van der Waals surface area (Å²) in [6, 6.07) is 13.0. The average molecular weight is 296 g/mol. The molecule has 0 radical (unpaired) electrons. The van der Waals surface area contributed by atoms with Crippen LogP contribution in [0.5, 0.6) is 5.75 Å². The number of aromatic amines is 1. The van der Waals surface area contributed by atoms with E-state index in [1.54, 1.807) is 12.1 Å². The number of hydrogen-bond acceptors (Lipinski definition) is 3. The van der Waals surface area contributed by atoms with Crippen LogP contribution in [0.25, 0.3) is 10.9 Å². The molecule has 0 aliphatic heterocycles. The molecule has 0 spiro atoms. The molecule has 2 aromatic carbocycles. The van der Waals surface area contributed by atoms with E-state index in [4.69, 9.17) is 4.74 Å². The molecule has 5 nitrogen and oxygen atoms in total. The third-order valence-electron chi connectivity index (χ3n) is 3.54. The SMILES string of the molecule is CCc1n[nH]c2cc(OCc3ccccc3)c(C(=O)O)cc12. The second kappa shape index (κ2) is 5.89. The number of carboxylic acids is 1. The average Bonchev–Trinajstić information content (AvgIpc) is 2.94. The van der Waals surface area contributed by atoms with Crippen molar-refractivity contribution in [1.82, 2.24) is 10.2 Å². The summed E-state index contributed by atoms with van der Waals surface area (Å²) < 4.78 is 5.71. The Balaban J connectivity index is 1.97. The largest absolute Gasteiger partial charge is 0.488 e. The highest BCUT2D eigenvalue weighted by atomic mass is 16.5. The van der Waals surface area contributed by atoms with E-state index in [2.05, 4.69) is 10.2 Å². The highest BCUT2D eigenvalue weighted by molar-refractivity contribution is 5.97. The quantitative estimate of drug-likeness (QED) is 0.756. The second-order valence-electron chi connectivity index (χ2n) is 5.00. The Hall–Kier alpha value is -2.82. The van der Waals surface area contributed by atoms with Crippen LogP contribution in [0.3, 0.4) is 0 Å². The molecule has 0 amide bonds. The fourth-order valence-corrected chi connectivity index (χ4v) is 2.39. The van der Waals surface area contributed by atoms with Crippen LogP contribution >= 0.6 is 0 Å². The summed E-state index contributed by atoms with van der Waals surface area (Å²) in [6.07, 6.45) is 0.739. The molecule has 0 atom stereocenters. The summed E-state index contributed by atoms with van der Waals surface area (Å²) in [7, 11) is 0. The number of nitrogens with zero attached hydrogens (tertiary/aromatic N) is 1. The number of ether oxygens (including phenoxy) is 1. The Morgan fingerprint density at radius 1 is 1.27 bits per heavy atom. The molecule has 112 valence electrons. The van der Waals surface area contributed by atoms with Gasteiger partial charge in [-0.2, -0.15) is 5.10 Å². The van der Waals surface area contributed by atoms with Crippen LogP contribution in [-0.2, 0) is 13.0 Å². The van der Waals surface area contributed by atoms with Crippen molar-refractivity contribution in [3.05, 3.63) is 59.3 Å². The molecular formula is C17H16N2O3. The van der Waals surface area contributed by atoms with Gasteiger partial charge in [0.15, 0.2) is 0 Å². The highest BCUT2D eigenvalue weighted by Gasteiger charge is 2.16. The van der Waals surface area contributed by atoms with E-state index in [0.29, 0.717) is 12.4 Å². The van der Waals surface area contributed by atoms with Gasteiger partial charge in [-0.05, 0) is 18.1 Å². The van der Waals surface area contributed by atoms with Crippen LogP contribution in [0, 0.1) is 0 Å². The van der Waals surface area contributed by atoms with E-state index in [1.807, 2.05) is 37.3 Å². The van der Waals surface area contributed by atoms with Crippen LogP contribution in [0.2, 0.25) is 0 Å². The summed E-state index contributed by atoms with van der Waals surface area (Å²) in [5.41, 5.74) is 2.77. The predicted octanol–water partition coefficient (Wildman–Crippen LogP) is 3.40. The third-order valence-corrected chi connectivity index (χ3v) is 3.54. The zero-order chi connectivity index (χ0) is 15.5. The fraction of sp³-hybridized carbons (Fsp3) is 0.176. The lowest BCUT2D eigenvalue weighted by Crippen LogP contribution is -2.03. The van der Waals surface area contributed by atoms with Gasteiger partial charge in [0, 0.05) is 11.5 Å². The van der Waals surface area contributed by atoms with Gasteiger partial charge in [-0.25, -0.2) is 4.79 Å². The van der Waals surface area contributed by atoms with Crippen molar-refractivity contribution in [3.8, 4) is 5.75 Å². The first kappa shape index (κ1) is 14.1. The fourth-order valence-electron chi connectivity index (χ4n) is 2.39. The van der Waals surface area contributed by atoms with Gasteiger partial charge in [0.05, 0.1) is 11.2 Å². The number of aromatic nitrogens is 2. The van der Waals surface area contributed by atoms with Crippen molar-refractivity contribution >= 4 is 16.9 Å². The number of carboxylic acid groups (broad SMARTS) is 1. The van der Waals surface area contributed by atoms with Gasteiger partial charge in [0.25, 0.3) is 0 Å². The first-order chi connectivity index (χ1) is 10.7. The number of aromatic carboxylic acids is 1. The molecule has 0 fully saturated rings.